The van der Waals surface area contributed by atoms with E-state index < -0.39 is 0 Å². The minimum Gasteiger partial charge on any atom is -0.497 e. The van der Waals surface area contributed by atoms with Gasteiger partial charge in [-0.2, -0.15) is 0 Å². The smallest absolute Gasteiger partial charge is 0.180 e. The summed E-state index contributed by atoms with van der Waals surface area (Å²) in [5.74, 6) is 0.872. The first-order chi connectivity index (χ1) is 7.13. The molecular formula is C10H12BrNO3. The fourth-order valence-corrected chi connectivity index (χ4v) is 1.81. The summed E-state index contributed by atoms with van der Waals surface area (Å²) in [7, 11) is 3.03. The zero-order chi connectivity index (χ0) is 11.4. The van der Waals surface area contributed by atoms with Crippen LogP contribution in [0.15, 0.2) is 16.6 Å². The summed E-state index contributed by atoms with van der Waals surface area (Å²) in [6, 6.07) is 3.34. The Morgan fingerprint density at radius 3 is 2.53 bits per heavy atom. The maximum absolute atomic E-state index is 11.5. The summed E-state index contributed by atoms with van der Waals surface area (Å²) in [5.41, 5.74) is 5.73. The average Bonchev–Trinajstić information content (AvgIpc) is 2.26. The first-order valence-electron chi connectivity index (χ1n) is 4.28. The van der Waals surface area contributed by atoms with Gasteiger partial charge in [-0.3, -0.25) is 4.79 Å². The van der Waals surface area contributed by atoms with Crippen LogP contribution in [0.1, 0.15) is 10.4 Å². The molecular weight excluding hydrogens is 262 g/mol. The third-order valence-electron chi connectivity index (χ3n) is 1.94. The second kappa shape index (κ2) is 5.14. The highest BCUT2D eigenvalue weighted by molar-refractivity contribution is 9.10. The molecule has 0 saturated carbocycles. The molecule has 1 aromatic carbocycles. The summed E-state index contributed by atoms with van der Waals surface area (Å²) in [6.07, 6.45) is 0. The van der Waals surface area contributed by atoms with Gasteiger partial charge in [-0.25, -0.2) is 0 Å². The van der Waals surface area contributed by atoms with Crippen LogP contribution in [-0.2, 0) is 0 Å². The van der Waals surface area contributed by atoms with Crippen LogP contribution in [0.2, 0.25) is 0 Å². The maximum atomic E-state index is 11.5. The molecule has 0 amide bonds. The topological polar surface area (TPSA) is 61.5 Å². The van der Waals surface area contributed by atoms with Gasteiger partial charge in [-0.05, 0) is 28.1 Å². The second-order valence-electron chi connectivity index (χ2n) is 2.82. The van der Waals surface area contributed by atoms with Crippen molar-refractivity contribution in [1.29, 1.82) is 0 Å². The molecule has 0 aromatic heterocycles. The number of hydrogen-bond donors (Lipinski definition) is 1. The van der Waals surface area contributed by atoms with E-state index in [1.807, 2.05) is 0 Å². The van der Waals surface area contributed by atoms with Gasteiger partial charge in [0.1, 0.15) is 11.5 Å². The van der Waals surface area contributed by atoms with E-state index in [0.29, 0.717) is 21.5 Å². The summed E-state index contributed by atoms with van der Waals surface area (Å²) >= 11 is 3.30. The molecule has 0 aliphatic carbocycles. The van der Waals surface area contributed by atoms with Crippen LogP contribution >= 0.6 is 15.9 Å². The van der Waals surface area contributed by atoms with Crippen molar-refractivity contribution in [2.75, 3.05) is 20.8 Å². The van der Waals surface area contributed by atoms with Gasteiger partial charge in [0.25, 0.3) is 0 Å². The number of carbonyl (C=O) groups is 1. The molecule has 0 bridgehead atoms. The Morgan fingerprint density at radius 2 is 2.07 bits per heavy atom. The highest BCUT2D eigenvalue weighted by atomic mass is 79.9. The number of benzene rings is 1. The number of halogens is 1. The molecule has 4 nitrogen and oxygen atoms in total. The highest BCUT2D eigenvalue weighted by Gasteiger charge is 2.15. The largest absolute Gasteiger partial charge is 0.497 e. The molecule has 2 N–H and O–H groups in total. The number of ether oxygens (including phenoxy) is 2. The molecule has 0 spiro atoms. The van der Waals surface area contributed by atoms with Gasteiger partial charge in [0.2, 0.25) is 0 Å². The molecule has 0 saturated heterocycles. The summed E-state index contributed by atoms with van der Waals surface area (Å²) < 4.78 is 10.8. The fraction of sp³-hybridized carbons (Fsp3) is 0.300. The standard InChI is InChI=1S/C10H12BrNO3/c1-14-6-3-7(9(13)5-12)10(15-2)8(11)4-6/h3-4H,5,12H2,1-2H3. The van der Waals surface area contributed by atoms with Crippen LogP contribution in [0.3, 0.4) is 0 Å². The van der Waals surface area contributed by atoms with Crippen LogP contribution in [0.4, 0.5) is 0 Å². The molecule has 0 atom stereocenters. The van der Waals surface area contributed by atoms with E-state index in [2.05, 4.69) is 15.9 Å². The maximum Gasteiger partial charge on any atom is 0.180 e. The van der Waals surface area contributed by atoms with Gasteiger partial charge >= 0.3 is 0 Å². The summed E-state index contributed by atoms with van der Waals surface area (Å²) in [6.45, 7) is -0.0596. The first kappa shape index (κ1) is 12.0. The Balaban J connectivity index is 3.32. The zero-order valence-corrected chi connectivity index (χ0v) is 10.1. The normalized spacial score (nSPS) is 9.87. The molecule has 0 aliphatic heterocycles. The van der Waals surface area contributed by atoms with Crippen molar-refractivity contribution in [3.8, 4) is 11.5 Å². The number of hydrogen-bond acceptors (Lipinski definition) is 4. The number of methoxy groups -OCH3 is 2. The molecule has 0 radical (unpaired) electrons. The second-order valence-corrected chi connectivity index (χ2v) is 3.67. The lowest BCUT2D eigenvalue weighted by Gasteiger charge is -2.11. The number of carbonyl (C=O) groups excluding carboxylic acids is 1. The number of ketones is 1. The highest BCUT2D eigenvalue weighted by Crippen LogP contribution is 2.33. The van der Waals surface area contributed by atoms with Crippen LogP contribution < -0.4 is 15.2 Å². The minimum absolute atomic E-state index is 0.0596. The Bertz CT molecular complexity index is 379. The molecule has 0 heterocycles. The van der Waals surface area contributed by atoms with E-state index >= 15 is 0 Å². The summed E-state index contributed by atoms with van der Waals surface area (Å²) in [5, 5.41) is 0. The molecule has 5 heteroatoms. The third kappa shape index (κ3) is 2.49. The van der Waals surface area contributed by atoms with Crippen LogP contribution in [0, 0.1) is 0 Å². The molecule has 0 fully saturated rings. The lowest BCUT2D eigenvalue weighted by molar-refractivity contribution is 0.0998. The van der Waals surface area contributed by atoms with Crippen molar-refractivity contribution in [2.45, 2.75) is 0 Å². The quantitative estimate of drug-likeness (QED) is 0.847. The fourth-order valence-electron chi connectivity index (χ4n) is 1.21. The van der Waals surface area contributed by atoms with Crippen molar-refractivity contribution >= 4 is 21.7 Å². The number of Topliss-reactive ketones (excluding diaryl/α,β-unsaturated/α-hetero) is 1. The van der Waals surface area contributed by atoms with Gasteiger partial charge in [-0.15, -0.1) is 0 Å². The molecule has 0 unspecified atom stereocenters. The van der Waals surface area contributed by atoms with Crippen LogP contribution in [0.25, 0.3) is 0 Å². The Labute approximate surface area is 96.5 Å². The van der Waals surface area contributed by atoms with Gasteiger partial charge in [-0.1, -0.05) is 0 Å². The lowest BCUT2D eigenvalue weighted by Crippen LogP contribution is -2.14. The van der Waals surface area contributed by atoms with E-state index in [4.69, 9.17) is 15.2 Å². The molecule has 1 rings (SSSR count). The van der Waals surface area contributed by atoms with Crippen molar-refractivity contribution in [1.82, 2.24) is 0 Å². The van der Waals surface area contributed by atoms with E-state index in [0.717, 1.165) is 0 Å². The van der Waals surface area contributed by atoms with Crippen molar-refractivity contribution in [2.24, 2.45) is 5.73 Å². The predicted molar refractivity (Wildman–Crippen MR) is 60.6 cm³/mol. The average molecular weight is 274 g/mol. The number of nitrogens with two attached hydrogens (primary N) is 1. The number of rotatable bonds is 4. The monoisotopic (exact) mass is 273 g/mol. The van der Waals surface area contributed by atoms with E-state index in [1.54, 1.807) is 12.1 Å². The van der Waals surface area contributed by atoms with Gasteiger partial charge in [0, 0.05) is 0 Å². The van der Waals surface area contributed by atoms with Crippen molar-refractivity contribution in [3.05, 3.63) is 22.2 Å². The Kier molecular flexibility index (Phi) is 4.11. The van der Waals surface area contributed by atoms with E-state index in [9.17, 15) is 4.79 Å². The molecule has 0 aliphatic rings. The Hall–Kier alpha value is -1.07. The van der Waals surface area contributed by atoms with Gasteiger partial charge < -0.3 is 15.2 Å². The molecule has 1 aromatic rings. The first-order valence-corrected chi connectivity index (χ1v) is 5.08. The Morgan fingerprint density at radius 1 is 1.40 bits per heavy atom. The molecule has 82 valence electrons. The van der Waals surface area contributed by atoms with Crippen molar-refractivity contribution in [3.63, 3.8) is 0 Å². The van der Waals surface area contributed by atoms with Crippen LogP contribution in [-0.4, -0.2) is 26.5 Å². The summed E-state index contributed by atoms with van der Waals surface area (Å²) in [4.78, 5) is 11.5. The van der Waals surface area contributed by atoms with E-state index in [1.165, 1.54) is 14.2 Å². The lowest BCUT2D eigenvalue weighted by atomic mass is 10.1. The SMILES string of the molecule is COc1cc(Br)c(OC)c(C(=O)CN)c1. The third-order valence-corrected chi connectivity index (χ3v) is 2.53. The van der Waals surface area contributed by atoms with Crippen LogP contribution in [0.5, 0.6) is 11.5 Å². The van der Waals surface area contributed by atoms with Gasteiger partial charge in [0.15, 0.2) is 5.78 Å². The van der Waals surface area contributed by atoms with Gasteiger partial charge in [0.05, 0.1) is 30.8 Å². The van der Waals surface area contributed by atoms with Crippen molar-refractivity contribution < 1.29 is 14.3 Å². The predicted octanol–water partition coefficient (Wildman–Crippen LogP) is 1.61. The minimum atomic E-state index is -0.188. The van der Waals surface area contributed by atoms with E-state index in [-0.39, 0.29) is 12.3 Å². The zero-order valence-electron chi connectivity index (χ0n) is 8.54. The molecule has 15 heavy (non-hydrogen) atoms.